The predicted molar refractivity (Wildman–Crippen MR) is 51.9 cm³/mol. The van der Waals surface area contributed by atoms with Crippen molar-refractivity contribution < 1.29 is 34.0 Å². The number of aromatic nitrogens is 6. The van der Waals surface area contributed by atoms with Gasteiger partial charge in [0, 0.05) is 18.2 Å². The molecule has 0 aromatic carbocycles. The summed E-state index contributed by atoms with van der Waals surface area (Å²) in [5.74, 6) is 1.43. The molecule has 0 spiro atoms. The molecule has 0 amide bonds. The molecular weight excluding hydrogens is 231 g/mol. The first-order valence-corrected chi connectivity index (χ1v) is 4.48. The molecule has 0 unspecified atom stereocenters. The summed E-state index contributed by atoms with van der Waals surface area (Å²) in [5, 5.41) is 7.69. The van der Waals surface area contributed by atoms with Gasteiger partial charge in [-0.2, -0.15) is 0 Å². The van der Waals surface area contributed by atoms with E-state index in [0.717, 1.165) is 0 Å². The van der Waals surface area contributed by atoms with Gasteiger partial charge < -0.3 is 14.5 Å². The monoisotopic (exact) mass is 236 g/mol. The van der Waals surface area contributed by atoms with E-state index >= 15 is 0 Å². The second-order valence-electron chi connectivity index (χ2n) is 2.87. The maximum absolute atomic E-state index is 5.05. The maximum Gasteiger partial charge on any atom is 1.00 e. The molecule has 0 bridgehead atoms. The van der Waals surface area contributed by atoms with Gasteiger partial charge >= 0.3 is 29.6 Å². The van der Waals surface area contributed by atoms with Crippen LogP contribution in [0.1, 0.15) is 0 Å². The third-order valence-corrected chi connectivity index (χ3v) is 1.84. The van der Waals surface area contributed by atoms with Crippen LogP contribution < -0.4 is 34.7 Å². The molecule has 7 nitrogen and oxygen atoms in total. The minimum absolute atomic E-state index is 0. The van der Waals surface area contributed by atoms with Crippen molar-refractivity contribution in [2.75, 3.05) is 0 Å². The smallest absolute Gasteiger partial charge is 0.444 e. The second kappa shape index (κ2) is 5.17. The molecule has 0 saturated heterocycles. The van der Waals surface area contributed by atoms with E-state index < -0.39 is 0 Å². The molecular formula is C9H5N6NaO. The number of hydrogen-bond donors (Lipinski definition) is 0. The van der Waals surface area contributed by atoms with E-state index in [1.165, 1.54) is 12.5 Å². The first kappa shape index (κ1) is 11.9. The molecule has 0 saturated carbocycles. The summed E-state index contributed by atoms with van der Waals surface area (Å²) in [6.07, 6.45) is 6.20. The van der Waals surface area contributed by atoms with Crippen molar-refractivity contribution in [1.82, 2.24) is 30.1 Å². The van der Waals surface area contributed by atoms with Crippen LogP contribution in [-0.4, -0.2) is 25.0 Å². The normalized spacial score (nSPS) is 9.88. The molecule has 78 valence electrons. The Hall–Kier alpha value is -1.57. The fourth-order valence-corrected chi connectivity index (χ4v) is 1.17. The molecule has 0 fully saturated rings. The molecule has 17 heavy (non-hydrogen) atoms. The summed E-state index contributed by atoms with van der Waals surface area (Å²) in [5.41, 5.74) is 0. The molecule has 0 aliphatic heterocycles. The molecule has 0 radical (unpaired) electrons. The summed E-state index contributed by atoms with van der Waals surface area (Å²) in [6.45, 7) is 0. The summed E-state index contributed by atoms with van der Waals surface area (Å²) in [4.78, 5) is 16.1. The van der Waals surface area contributed by atoms with Crippen molar-refractivity contribution in [3.05, 3.63) is 30.9 Å². The molecule has 0 aliphatic carbocycles. The Morgan fingerprint density at radius 3 is 2.53 bits per heavy atom. The van der Waals surface area contributed by atoms with Gasteiger partial charge in [0.15, 0.2) is 5.82 Å². The van der Waals surface area contributed by atoms with Gasteiger partial charge in [-0.05, 0) is 6.07 Å². The van der Waals surface area contributed by atoms with Crippen LogP contribution in [-0.2, 0) is 0 Å². The van der Waals surface area contributed by atoms with Gasteiger partial charge in [-0.3, -0.25) is 5.10 Å². The molecule has 3 aromatic rings. The summed E-state index contributed by atoms with van der Waals surface area (Å²) >= 11 is 0. The number of oxazole rings is 1. The van der Waals surface area contributed by atoms with Crippen LogP contribution in [0.25, 0.3) is 23.4 Å². The van der Waals surface area contributed by atoms with E-state index in [2.05, 4.69) is 30.1 Å². The zero-order valence-corrected chi connectivity index (χ0v) is 11.0. The van der Waals surface area contributed by atoms with Gasteiger partial charge in [-0.25, -0.2) is 15.0 Å². The Morgan fingerprint density at radius 2 is 1.82 bits per heavy atom. The Labute approximate surface area is 118 Å². The van der Waals surface area contributed by atoms with Crippen LogP contribution in [0.15, 0.2) is 35.3 Å². The van der Waals surface area contributed by atoms with E-state index in [9.17, 15) is 0 Å². The van der Waals surface area contributed by atoms with Crippen LogP contribution in [0.5, 0.6) is 0 Å². The van der Waals surface area contributed by atoms with Crippen LogP contribution in [0.3, 0.4) is 0 Å². The molecule has 3 rings (SSSR count). The average Bonchev–Trinajstić information content (AvgIpc) is 3.01. The number of nitrogens with zero attached hydrogens (tertiary/aromatic N) is 6. The first-order chi connectivity index (χ1) is 7.93. The topological polar surface area (TPSA) is 91.7 Å². The van der Waals surface area contributed by atoms with Crippen molar-refractivity contribution in [3.63, 3.8) is 0 Å². The van der Waals surface area contributed by atoms with Gasteiger partial charge in [0.2, 0.25) is 5.89 Å². The third kappa shape index (κ3) is 2.41. The van der Waals surface area contributed by atoms with Crippen molar-refractivity contribution in [1.29, 1.82) is 0 Å². The van der Waals surface area contributed by atoms with Crippen molar-refractivity contribution >= 4 is 0 Å². The van der Waals surface area contributed by atoms with Crippen molar-refractivity contribution in [3.8, 4) is 23.4 Å². The van der Waals surface area contributed by atoms with Crippen molar-refractivity contribution in [2.45, 2.75) is 0 Å². The van der Waals surface area contributed by atoms with E-state index in [4.69, 9.17) is 4.42 Å². The summed E-state index contributed by atoms with van der Waals surface area (Å²) in [6, 6.07) is 1.72. The minimum Gasteiger partial charge on any atom is -0.444 e. The average molecular weight is 236 g/mol. The van der Waals surface area contributed by atoms with Gasteiger partial charge in [0.25, 0.3) is 0 Å². The zero-order chi connectivity index (χ0) is 10.8. The third-order valence-electron chi connectivity index (χ3n) is 1.84. The first-order valence-electron chi connectivity index (χ1n) is 4.48. The van der Waals surface area contributed by atoms with Gasteiger partial charge in [0.05, 0.1) is 6.20 Å². The number of rotatable bonds is 2. The van der Waals surface area contributed by atoms with Gasteiger partial charge in [0.1, 0.15) is 12.1 Å². The molecule has 0 N–H and O–H groups in total. The fourth-order valence-electron chi connectivity index (χ4n) is 1.17. The van der Waals surface area contributed by atoms with E-state index in [1.807, 2.05) is 0 Å². The Bertz CT molecular complexity index is 579. The van der Waals surface area contributed by atoms with Crippen LogP contribution in [0.2, 0.25) is 0 Å². The Morgan fingerprint density at radius 1 is 1.00 bits per heavy atom. The summed E-state index contributed by atoms with van der Waals surface area (Å²) in [7, 11) is 0. The Kier molecular flexibility index (Phi) is 3.62. The maximum atomic E-state index is 5.05. The van der Waals surface area contributed by atoms with E-state index in [1.54, 1.807) is 18.5 Å². The number of hydrogen-bond acceptors (Lipinski definition) is 6. The van der Waals surface area contributed by atoms with Crippen LogP contribution in [0.4, 0.5) is 0 Å². The van der Waals surface area contributed by atoms with Gasteiger partial charge in [-0.1, -0.05) is 0 Å². The van der Waals surface area contributed by atoms with Crippen LogP contribution in [0, 0.1) is 0 Å². The SMILES string of the molecule is [Na+].c1cnc(-c2nc(-c3ncco3)n[n-]2)nc1. The molecule has 8 heteroatoms. The molecule has 3 aromatic heterocycles. The zero-order valence-electron chi connectivity index (χ0n) is 8.98. The summed E-state index contributed by atoms with van der Waals surface area (Å²) < 4.78 is 5.05. The quantitative estimate of drug-likeness (QED) is 0.456. The molecule has 3 heterocycles. The van der Waals surface area contributed by atoms with Crippen molar-refractivity contribution in [2.24, 2.45) is 0 Å². The van der Waals surface area contributed by atoms with E-state index in [0.29, 0.717) is 23.4 Å². The molecule has 0 atom stereocenters. The molecule has 0 aliphatic rings. The predicted octanol–water partition coefficient (Wildman–Crippen LogP) is -2.45. The fraction of sp³-hybridized carbons (Fsp3) is 0. The van der Waals surface area contributed by atoms with Gasteiger partial charge in [-0.15, -0.1) is 0 Å². The second-order valence-corrected chi connectivity index (χ2v) is 2.87. The van der Waals surface area contributed by atoms with E-state index in [-0.39, 0.29) is 29.6 Å². The van der Waals surface area contributed by atoms with Crippen LogP contribution >= 0.6 is 0 Å². The standard InChI is InChI=1S/C9H5N6O.Na/c1-2-10-6(11-3-1)7-13-8(15-14-7)9-12-4-5-16-9;/h1-5H;/q-1;+1. The Balaban J connectivity index is 0.00000108. The minimum atomic E-state index is 0. The largest absolute Gasteiger partial charge is 1.00 e.